The summed E-state index contributed by atoms with van der Waals surface area (Å²) in [5.41, 5.74) is 0.884. The molecule has 1 atom stereocenters. The number of anilines is 1. The van der Waals surface area contributed by atoms with Gasteiger partial charge in [-0.2, -0.15) is 4.98 Å². The van der Waals surface area contributed by atoms with Gasteiger partial charge in [0.25, 0.3) is 0 Å². The summed E-state index contributed by atoms with van der Waals surface area (Å²) in [6.07, 6.45) is 0.877. The lowest BCUT2D eigenvalue weighted by molar-refractivity contribution is -0.122. The van der Waals surface area contributed by atoms with Crippen molar-refractivity contribution in [2.24, 2.45) is 0 Å². The van der Waals surface area contributed by atoms with Gasteiger partial charge in [0.15, 0.2) is 5.82 Å². The minimum Gasteiger partial charge on any atom is -0.344 e. The van der Waals surface area contributed by atoms with Crippen LogP contribution < -0.4 is 10.6 Å². The molecule has 102 valence electrons. The Bertz CT molecular complexity index is 637. The van der Waals surface area contributed by atoms with Crippen LogP contribution >= 0.6 is 0 Å². The first-order chi connectivity index (χ1) is 9.72. The van der Waals surface area contributed by atoms with Crippen molar-refractivity contribution >= 4 is 17.8 Å². The van der Waals surface area contributed by atoms with E-state index in [2.05, 4.69) is 25.8 Å². The summed E-state index contributed by atoms with van der Waals surface area (Å²) in [7, 11) is 0. The van der Waals surface area contributed by atoms with Crippen LogP contribution in [0.4, 0.5) is 5.95 Å². The highest BCUT2D eigenvalue weighted by molar-refractivity contribution is 5.98. The maximum Gasteiger partial charge on any atom is 0.249 e. The minimum atomic E-state index is -0.499. The van der Waals surface area contributed by atoms with E-state index >= 15 is 0 Å². The summed E-state index contributed by atoms with van der Waals surface area (Å²) in [5, 5.41) is 11.9. The van der Waals surface area contributed by atoms with E-state index in [0.29, 0.717) is 18.7 Å². The van der Waals surface area contributed by atoms with Gasteiger partial charge in [0.05, 0.1) is 0 Å². The number of amides is 2. The molecule has 0 bridgehead atoms. The molecule has 2 amide bonds. The molecule has 2 heterocycles. The van der Waals surface area contributed by atoms with Gasteiger partial charge in [-0.1, -0.05) is 30.3 Å². The molecule has 0 spiro atoms. The molecule has 3 N–H and O–H groups in total. The van der Waals surface area contributed by atoms with Gasteiger partial charge < -0.3 is 5.32 Å². The fourth-order valence-electron chi connectivity index (χ4n) is 2.05. The van der Waals surface area contributed by atoms with Crippen LogP contribution in [0, 0.1) is 0 Å². The van der Waals surface area contributed by atoms with Crippen molar-refractivity contribution in [1.82, 2.24) is 20.5 Å². The number of carbonyl (C=O) groups is 2. The highest BCUT2D eigenvalue weighted by atomic mass is 16.2. The fraction of sp³-hybridized carbons (Fsp3) is 0.231. The van der Waals surface area contributed by atoms with E-state index < -0.39 is 6.04 Å². The molecule has 0 radical (unpaired) electrons. The van der Waals surface area contributed by atoms with Gasteiger partial charge in [0.2, 0.25) is 17.8 Å². The summed E-state index contributed by atoms with van der Waals surface area (Å²) in [6, 6.07) is 8.98. The van der Waals surface area contributed by atoms with E-state index in [4.69, 9.17) is 0 Å². The Morgan fingerprint density at radius 1 is 1.30 bits per heavy atom. The van der Waals surface area contributed by atoms with Crippen molar-refractivity contribution in [2.45, 2.75) is 18.9 Å². The molecular formula is C13H13N5O2. The molecule has 1 aromatic carbocycles. The first-order valence-electron chi connectivity index (χ1n) is 6.30. The number of aromatic amines is 1. The SMILES string of the molecule is O=C1CCC(C(=O)Nc2n[nH]c(-c3ccccc3)n2)N1. The Kier molecular flexibility index (Phi) is 3.16. The van der Waals surface area contributed by atoms with Crippen molar-refractivity contribution in [3.05, 3.63) is 30.3 Å². The molecule has 1 fully saturated rings. The third kappa shape index (κ3) is 2.51. The normalized spacial score (nSPS) is 17.8. The van der Waals surface area contributed by atoms with Crippen LogP contribution in [-0.2, 0) is 9.59 Å². The van der Waals surface area contributed by atoms with E-state index in [1.165, 1.54) is 0 Å². The van der Waals surface area contributed by atoms with E-state index in [1.807, 2.05) is 30.3 Å². The van der Waals surface area contributed by atoms with Crippen molar-refractivity contribution < 1.29 is 9.59 Å². The van der Waals surface area contributed by atoms with Gasteiger partial charge in [-0.05, 0) is 6.42 Å². The van der Waals surface area contributed by atoms with Gasteiger partial charge in [0, 0.05) is 12.0 Å². The van der Waals surface area contributed by atoms with Crippen molar-refractivity contribution in [3.63, 3.8) is 0 Å². The molecule has 2 aromatic rings. The van der Waals surface area contributed by atoms with Gasteiger partial charge in [0.1, 0.15) is 6.04 Å². The van der Waals surface area contributed by atoms with E-state index in [1.54, 1.807) is 0 Å². The minimum absolute atomic E-state index is 0.106. The number of hydrogen-bond acceptors (Lipinski definition) is 4. The van der Waals surface area contributed by atoms with Crippen molar-refractivity contribution in [1.29, 1.82) is 0 Å². The Hall–Kier alpha value is -2.70. The number of nitrogens with zero attached hydrogens (tertiary/aromatic N) is 2. The summed E-state index contributed by atoms with van der Waals surface area (Å²) in [5.74, 6) is 0.380. The average molecular weight is 271 g/mol. The first kappa shape index (κ1) is 12.3. The number of H-pyrrole nitrogens is 1. The average Bonchev–Trinajstić information content (AvgIpc) is 3.09. The molecule has 0 aliphatic carbocycles. The Balaban J connectivity index is 1.68. The van der Waals surface area contributed by atoms with E-state index in [0.717, 1.165) is 5.56 Å². The van der Waals surface area contributed by atoms with Crippen molar-refractivity contribution in [3.8, 4) is 11.4 Å². The Morgan fingerprint density at radius 3 is 2.80 bits per heavy atom. The van der Waals surface area contributed by atoms with Gasteiger partial charge >= 0.3 is 0 Å². The third-order valence-corrected chi connectivity index (χ3v) is 3.08. The first-order valence-corrected chi connectivity index (χ1v) is 6.30. The standard InChI is InChI=1S/C13H13N5O2/c19-10-7-6-9(14-10)12(20)16-13-15-11(17-18-13)8-4-2-1-3-5-8/h1-5,9H,6-7H2,(H,14,19)(H2,15,16,17,18,20). The van der Waals surface area contributed by atoms with Crippen LogP contribution in [0.25, 0.3) is 11.4 Å². The van der Waals surface area contributed by atoms with Crippen molar-refractivity contribution in [2.75, 3.05) is 5.32 Å². The molecule has 1 saturated heterocycles. The van der Waals surface area contributed by atoms with Crippen LogP contribution in [0.1, 0.15) is 12.8 Å². The molecule has 1 aliphatic heterocycles. The number of aromatic nitrogens is 3. The zero-order valence-electron chi connectivity index (χ0n) is 10.6. The maximum absolute atomic E-state index is 11.9. The van der Waals surface area contributed by atoms with Crippen LogP contribution in [-0.4, -0.2) is 33.0 Å². The summed E-state index contributed by atoms with van der Waals surface area (Å²) in [4.78, 5) is 27.2. The smallest absolute Gasteiger partial charge is 0.249 e. The highest BCUT2D eigenvalue weighted by Crippen LogP contribution is 2.15. The molecule has 7 heteroatoms. The van der Waals surface area contributed by atoms with Crippen LogP contribution in [0.15, 0.2) is 30.3 Å². The van der Waals surface area contributed by atoms with Gasteiger partial charge in [-0.3, -0.25) is 20.0 Å². The topological polar surface area (TPSA) is 99.8 Å². The molecule has 1 unspecified atom stereocenters. The quantitative estimate of drug-likeness (QED) is 0.764. The molecule has 3 rings (SSSR count). The lowest BCUT2D eigenvalue weighted by Crippen LogP contribution is -2.37. The predicted molar refractivity (Wildman–Crippen MR) is 71.6 cm³/mol. The molecule has 1 aliphatic rings. The molecule has 0 saturated carbocycles. The van der Waals surface area contributed by atoms with E-state index in [9.17, 15) is 9.59 Å². The monoisotopic (exact) mass is 271 g/mol. The van der Waals surface area contributed by atoms with Gasteiger partial charge in [-0.15, -0.1) is 5.10 Å². The third-order valence-electron chi connectivity index (χ3n) is 3.08. The zero-order chi connectivity index (χ0) is 13.9. The number of carbonyl (C=O) groups excluding carboxylic acids is 2. The Labute approximate surface area is 114 Å². The van der Waals surface area contributed by atoms with Crippen LogP contribution in [0.5, 0.6) is 0 Å². The second kappa shape index (κ2) is 5.12. The Morgan fingerprint density at radius 2 is 2.10 bits per heavy atom. The van der Waals surface area contributed by atoms with Crippen LogP contribution in [0.3, 0.4) is 0 Å². The lowest BCUT2D eigenvalue weighted by Gasteiger charge is -2.07. The number of rotatable bonds is 3. The summed E-state index contributed by atoms with van der Waals surface area (Å²) >= 11 is 0. The number of hydrogen-bond donors (Lipinski definition) is 3. The second-order valence-electron chi connectivity index (χ2n) is 4.52. The van der Waals surface area contributed by atoms with Crippen LogP contribution in [0.2, 0.25) is 0 Å². The highest BCUT2D eigenvalue weighted by Gasteiger charge is 2.27. The maximum atomic E-state index is 11.9. The molecule has 1 aromatic heterocycles. The predicted octanol–water partition coefficient (Wildman–Crippen LogP) is 0.689. The number of nitrogens with one attached hydrogen (secondary N) is 3. The zero-order valence-corrected chi connectivity index (χ0v) is 10.6. The summed E-state index contributed by atoms with van der Waals surface area (Å²) in [6.45, 7) is 0. The molecule has 20 heavy (non-hydrogen) atoms. The van der Waals surface area contributed by atoms with E-state index in [-0.39, 0.29) is 17.8 Å². The largest absolute Gasteiger partial charge is 0.344 e. The lowest BCUT2D eigenvalue weighted by atomic mass is 10.2. The second-order valence-corrected chi connectivity index (χ2v) is 4.52. The fourth-order valence-corrected chi connectivity index (χ4v) is 2.05. The summed E-state index contributed by atoms with van der Waals surface area (Å²) < 4.78 is 0. The van der Waals surface area contributed by atoms with Gasteiger partial charge in [-0.25, -0.2) is 0 Å². The molecule has 7 nitrogen and oxygen atoms in total. The molecular weight excluding hydrogens is 258 g/mol. The number of benzene rings is 1.